The van der Waals surface area contributed by atoms with Crippen LogP contribution in [0, 0.1) is 6.92 Å². The van der Waals surface area contributed by atoms with Gasteiger partial charge in [0.25, 0.3) is 0 Å². The minimum Gasteiger partial charge on any atom is -0.497 e. The van der Waals surface area contributed by atoms with Crippen LogP contribution in [0.5, 0.6) is 5.75 Å². The van der Waals surface area contributed by atoms with Crippen molar-refractivity contribution in [3.63, 3.8) is 0 Å². The average molecular weight is 512 g/mol. The fraction of sp³-hybridized carbons (Fsp3) is 0.548. The summed E-state index contributed by atoms with van der Waals surface area (Å²) in [7, 11) is -1.13. The van der Waals surface area contributed by atoms with E-state index in [2.05, 4.69) is 54.8 Å². The molecule has 0 unspecified atom stereocenters. The standard InChI is InChI=1S/C31H45NO3S/c1-4-5-15-24-36(33,34)25-16-11-9-7-6-8-10-14-23-32-30-18-13-12-17-29(30)26(2)31(32)27-19-21-28(35-3)22-20-27/h12-13,17-22H,4-11,14-16,23-25H2,1-3H3. The number of methoxy groups -OCH3 is 1. The molecule has 2 aromatic carbocycles. The number of unbranched alkanes of at least 4 members (excludes halogenated alkanes) is 9. The molecule has 0 aliphatic heterocycles. The summed E-state index contributed by atoms with van der Waals surface area (Å²) in [6.45, 7) is 5.36. The van der Waals surface area contributed by atoms with Gasteiger partial charge >= 0.3 is 0 Å². The fourth-order valence-electron chi connectivity index (χ4n) is 5.16. The van der Waals surface area contributed by atoms with Crippen LogP contribution in [0.25, 0.3) is 22.2 Å². The number of fused-ring (bicyclic) bond motifs is 1. The first-order valence-corrected chi connectivity index (χ1v) is 15.7. The minimum absolute atomic E-state index is 0.372. The lowest BCUT2D eigenvalue weighted by Gasteiger charge is -2.13. The van der Waals surface area contributed by atoms with Crippen LogP contribution in [-0.2, 0) is 16.4 Å². The number of nitrogens with zero attached hydrogens (tertiary/aromatic N) is 1. The van der Waals surface area contributed by atoms with Crippen molar-refractivity contribution in [2.75, 3.05) is 18.6 Å². The van der Waals surface area contributed by atoms with E-state index in [9.17, 15) is 8.42 Å². The number of ether oxygens (including phenoxy) is 1. The van der Waals surface area contributed by atoms with Gasteiger partial charge in [-0.25, -0.2) is 8.42 Å². The molecule has 1 heterocycles. The van der Waals surface area contributed by atoms with Gasteiger partial charge in [-0.05, 0) is 67.6 Å². The van der Waals surface area contributed by atoms with Gasteiger partial charge in [-0.15, -0.1) is 0 Å². The highest BCUT2D eigenvalue weighted by molar-refractivity contribution is 7.91. The Morgan fingerprint density at radius 2 is 1.33 bits per heavy atom. The van der Waals surface area contributed by atoms with Gasteiger partial charge in [0.15, 0.2) is 0 Å². The Morgan fingerprint density at radius 3 is 1.97 bits per heavy atom. The lowest BCUT2D eigenvalue weighted by Crippen LogP contribution is -2.11. The number of hydrogen-bond donors (Lipinski definition) is 0. The van der Waals surface area contributed by atoms with Crippen molar-refractivity contribution in [1.29, 1.82) is 0 Å². The van der Waals surface area contributed by atoms with E-state index < -0.39 is 9.84 Å². The van der Waals surface area contributed by atoms with Gasteiger partial charge in [-0.1, -0.05) is 76.5 Å². The van der Waals surface area contributed by atoms with Crippen molar-refractivity contribution in [3.8, 4) is 17.0 Å². The van der Waals surface area contributed by atoms with Gasteiger partial charge in [-0.2, -0.15) is 0 Å². The smallest absolute Gasteiger partial charge is 0.150 e. The van der Waals surface area contributed by atoms with Crippen LogP contribution >= 0.6 is 0 Å². The summed E-state index contributed by atoms with van der Waals surface area (Å²) in [5.74, 6) is 1.63. The van der Waals surface area contributed by atoms with Crippen molar-refractivity contribution in [3.05, 3.63) is 54.1 Å². The molecule has 3 aromatic rings. The maximum Gasteiger partial charge on any atom is 0.150 e. The van der Waals surface area contributed by atoms with Crippen molar-refractivity contribution in [2.45, 2.75) is 91.0 Å². The molecule has 0 radical (unpaired) electrons. The van der Waals surface area contributed by atoms with E-state index in [1.165, 1.54) is 53.4 Å². The molecule has 1 aromatic heterocycles. The largest absolute Gasteiger partial charge is 0.497 e. The highest BCUT2D eigenvalue weighted by Gasteiger charge is 2.15. The second kappa shape index (κ2) is 14.5. The first-order chi connectivity index (χ1) is 17.5. The van der Waals surface area contributed by atoms with Crippen LogP contribution in [0.15, 0.2) is 48.5 Å². The Kier molecular flexibility index (Phi) is 11.4. The van der Waals surface area contributed by atoms with E-state index in [0.29, 0.717) is 11.5 Å². The number of aryl methyl sites for hydroxylation is 2. The molecule has 0 spiro atoms. The van der Waals surface area contributed by atoms with E-state index in [1.54, 1.807) is 7.11 Å². The highest BCUT2D eigenvalue weighted by atomic mass is 32.2. The predicted molar refractivity (Wildman–Crippen MR) is 154 cm³/mol. The number of rotatable bonds is 17. The molecular formula is C31H45NO3S. The maximum atomic E-state index is 12.0. The number of benzene rings is 2. The summed E-state index contributed by atoms with van der Waals surface area (Å²) in [4.78, 5) is 0. The van der Waals surface area contributed by atoms with Crippen LogP contribution < -0.4 is 4.74 Å². The van der Waals surface area contributed by atoms with Gasteiger partial charge in [0, 0.05) is 17.4 Å². The van der Waals surface area contributed by atoms with E-state index in [4.69, 9.17) is 4.74 Å². The summed E-state index contributed by atoms with van der Waals surface area (Å²) in [5.41, 5.74) is 5.19. The zero-order chi connectivity index (χ0) is 25.8. The lowest BCUT2D eigenvalue weighted by atomic mass is 10.1. The number of sulfone groups is 1. The summed E-state index contributed by atoms with van der Waals surface area (Å²) in [6.07, 6.45) is 12.0. The van der Waals surface area contributed by atoms with Crippen LogP contribution in [-0.4, -0.2) is 31.6 Å². The van der Waals surface area contributed by atoms with Crippen LogP contribution in [0.2, 0.25) is 0 Å². The first kappa shape index (κ1) is 28.3. The van der Waals surface area contributed by atoms with Gasteiger partial charge in [-0.3, -0.25) is 0 Å². The molecule has 36 heavy (non-hydrogen) atoms. The Balaban J connectivity index is 1.43. The fourth-order valence-corrected chi connectivity index (χ4v) is 6.65. The second-order valence-electron chi connectivity index (χ2n) is 10.1. The third-order valence-electron chi connectivity index (χ3n) is 7.23. The molecule has 198 valence electrons. The predicted octanol–water partition coefficient (Wildman–Crippen LogP) is 8.35. The topological polar surface area (TPSA) is 48.3 Å². The summed E-state index contributed by atoms with van der Waals surface area (Å²) >= 11 is 0. The molecule has 0 aliphatic rings. The highest BCUT2D eigenvalue weighted by Crippen LogP contribution is 2.34. The SMILES string of the molecule is CCCCCS(=O)(=O)CCCCCCCCCCn1c(-c2ccc(OC)cc2)c(C)c2ccccc21. The van der Waals surface area contributed by atoms with Gasteiger partial charge in [0.1, 0.15) is 15.6 Å². The van der Waals surface area contributed by atoms with Crippen molar-refractivity contribution in [2.24, 2.45) is 0 Å². The summed E-state index contributed by atoms with van der Waals surface area (Å²) in [5, 5.41) is 1.33. The number of aromatic nitrogens is 1. The molecular weight excluding hydrogens is 466 g/mol. The van der Waals surface area contributed by atoms with Gasteiger partial charge in [0.2, 0.25) is 0 Å². The van der Waals surface area contributed by atoms with E-state index in [-0.39, 0.29) is 0 Å². The molecule has 0 N–H and O–H groups in total. The van der Waals surface area contributed by atoms with Crippen molar-refractivity contribution >= 4 is 20.7 Å². The van der Waals surface area contributed by atoms with E-state index in [1.807, 2.05) is 12.1 Å². The third-order valence-corrected chi connectivity index (χ3v) is 9.05. The number of hydrogen-bond acceptors (Lipinski definition) is 3. The zero-order valence-corrected chi connectivity index (χ0v) is 23.4. The zero-order valence-electron chi connectivity index (χ0n) is 22.6. The Morgan fingerprint density at radius 1 is 0.750 bits per heavy atom. The van der Waals surface area contributed by atoms with Crippen LogP contribution in [0.4, 0.5) is 0 Å². The normalized spacial score (nSPS) is 11.9. The molecule has 0 aliphatic carbocycles. The second-order valence-corrected chi connectivity index (χ2v) is 12.4. The Labute approximate surface area is 219 Å². The maximum absolute atomic E-state index is 12.0. The van der Waals surface area contributed by atoms with Gasteiger partial charge in [0.05, 0.1) is 24.3 Å². The molecule has 0 atom stereocenters. The summed E-state index contributed by atoms with van der Waals surface area (Å²) in [6, 6.07) is 17.1. The summed E-state index contributed by atoms with van der Waals surface area (Å²) < 4.78 is 31.9. The van der Waals surface area contributed by atoms with Crippen molar-refractivity contribution in [1.82, 2.24) is 4.57 Å². The van der Waals surface area contributed by atoms with Crippen LogP contribution in [0.1, 0.15) is 83.1 Å². The molecule has 0 fully saturated rings. The first-order valence-electron chi connectivity index (χ1n) is 13.9. The molecule has 5 heteroatoms. The van der Waals surface area contributed by atoms with E-state index in [0.717, 1.165) is 57.2 Å². The third kappa shape index (κ3) is 8.12. The van der Waals surface area contributed by atoms with Gasteiger partial charge < -0.3 is 9.30 Å². The average Bonchev–Trinajstić information content (AvgIpc) is 3.16. The lowest BCUT2D eigenvalue weighted by molar-refractivity contribution is 0.415. The molecule has 0 saturated carbocycles. The van der Waals surface area contributed by atoms with Crippen LogP contribution in [0.3, 0.4) is 0 Å². The Bertz CT molecular complexity index is 1160. The molecule has 4 nitrogen and oxygen atoms in total. The minimum atomic E-state index is -2.83. The quantitative estimate of drug-likeness (QED) is 0.171. The number of para-hydroxylation sites is 1. The van der Waals surface area contributed by atoms with Crippen molar-refractivity contribution < 1.29 is 13.2 Å². The Hall–Kier alpha value is -2.27. The monoisotopic (exact) mass is 511 g/mol. The molecule has 0 saturated heterocycles. The molecule has 3 rings (SSSR count). The van der Waals surface area contributed by atoms with E-state index >= 15 is 0 Å². The molecule has 0 amide bonds. The molecule has 0 bridgehead atoms.